The van der Waals surface area contributed by atoms with Crippen LogP contribution < -0.4 is 4.72 Å². The maximum atomic E-state index is 13.0. The minimum absolute atomic E-state index is 0.153. The highest BCUT2D eigenvalue weighted by molar-refractivity contribution is 7.89. The predicted molar refractivity (Wildman–Crippen MR) is 127 cm³/mol. The molecule has 1 N–H and O–H groups in total. The molecule has 0 aliphatic carbocycles. The summed E-state index contributed by atoms with van der Waals surface area (Å²) in [6, 6.07) is 17.0. The summed E-state index contributed by atoms with van der Waals surface area (Å²) < 4.78 is 26.0. The van der Waals surface area contributed by atoms with Gasteiger partial charge in [-0.3, -0.25) is 9.78 Å². The van der Waals surface area contributed by atoms with Crippen LogP contribution in [0.15, 0.2) is 77.8 Å². The van der Waals surface area contributed by atoms with Gasteiger partial charge in [0.05, 0.1) is 27.2 Å². The van der Waals surface area contributed by atoms with Crippen molar-refractivity contribution >= 4 is 45.2 Å². The molecular formula is C23H21Cl2N3O3S. The fraction of sp³-hybridized carbons (Fsp3) is 0.130. The van der Waals surface area contributed by atoms with E-state index in [1.807, 2.05) is 24.3 Å². The molecular weight excluding hydrogens is 469 g/mol. The highest BCUT2D eigenvalue weighted by atomic mass is 35.5. The predicted octanol–water partition coefficient (Wildman–Crippen LogP) is 4.54. The lowest BCUT2D eigenvalue weighted by Gasteiger charge is -2.21. The third kappa shape index (κ3) is 6.40. The molecule has 0 spiro atoms. The lowest BCUT2D eigenvalue weighted by Crippen LogP contribution is -2.28. The summed E-state index contributed by atoms with van der Waals surface area (Å²) in [7, 11) is -2.16. The molecule has 0 bridgehead atoms. The number of hydrogen-bond acceptors (Lipinski definition) is 4. The second-order valence-corrected chi connectivity index (χ2v) is 9.57. The molecule has 3 aromatic rings. The van der Waals surface area contributed by atoms with Crippen molar-refractivity contribution in [2.24, 2.45) is 0 Å². The Morgan fingerprint density at radius 2 is 1.78 bits per heavy atom. The van der Waals surface area contributed by atoms with Crippen molar-refractivity contribution in [1.82, 2.24) is 14.6 Å². The maximum Gasteiger partial charge on any atom is 0.247 e. The number of rotatable bonds is 8. The van der Waals surface area contributed by atoms with Gasteiger partial charge in [-0.25, -0.2) is 13.1 Å². The van der Waals surface area contributed by atoms with Gasteiger partial charge in [-0.1, -0.05) is 47.5 Å². The molecule has 0 saturated carbocycles. The first-order valence-corrected chi connectivity index (χ1v) is 11.9. The van der Waals surface area contributed by atoms with Gasteiger partial charge in [0.2, 0.25) is 15.9 Å². The molecule has 0 atom stereocenters. The number of halogens is 2. The molecule has 0 saturated heterocycles. The smallest absolute Gasteiger partial charge is 0.247 e. The van der Waals surface area contributed by atoms with Crippen LogP contribution in [0.2, 0.25) is 10.0 Å². The van der Waals surface area contributed by atoms with Crippen LogP contribution in [0.25, 0.3) is 6.08 Å². The van der Waals surface area contributed by atoms with Crippen LogP contribution in [0, 0.1) is 0 Å². The summed E-state index contributed by atoms with van der Waals surface area (Å²) in [6.07, 6.45) is 4.76. The fourth-order valence-electron chi connectivity index (χ4n) is 2.91. The van der Waals surface area contributed by atoms with E-state index in [1.54, 1.807) is 41.4 Å². The Morgan fingerprint density at radius 1 is 1.03 bits per heavy atom. The van der Waals surface area contributed by atoms with E-state index >= 15 is 0 Å². The average molecular weight is 490 g/mol. The SMILES string of the molecule is CNS(=O)(=O)c1ccc(/C=C/C(=O)N(Cc2ccc(Cl)c(Cl)c2)Cc2ccccn2)cc1. The molecule has 166 valence electrons. The first kappa shape index (κ1) is 23.9. The third-order valence-corrected chi connectivity index (χ3v) is 6.79. The molecule has 1 aromatic heterocycles. The van der Waals surface area contributed by atoms with E-state index in [9.17, 15) is 13.2 Å². The second-order valence-electron chi connectivity index (χ2n) is 6.87. The molecule has 1 heterocycles. The zero-order chi connectivity index (χ0) is 23.1. The van der Waals surface area contributed by atoms with Gasteiger partial charge in [0.1, 0.15) is 0 Å². The fourth-order valence-corrected chi connectivity index (χ4v) is 3.96. The maximum absolute atomic E-state index is 13.0. The summed E-state index contributed by atoms with van der Waals surface area (Å²) in [4.78, 5) is 19.1. The molecule has 32 heavy (non-hydrogen) atoms. The lowest BCUT2D eigenvalue weighted by atomic mass is 10.2. The quantitative estimate of drug-likeness (QED) is 0.471. The van der Waals surface area contributed by atoms with Crippen molar-refractivity contribution in [3.8, 4) is 0 Å². The summed E-state index contributed by atoms with van der Waals surface area (Å²) in [5.74, 6) is -0.228. The number of sulfonamides is 1. The van der Waals surface area contributed by atoms with E-state index in [4.69, 9.17) is 23.2 Å². The Bertz CT molecular complexity index is 1210. The standard InChI is InChI=1S/C23H21Cl2N3O3S/c1-26-32(30,31)20-9-5-17(6-10-20)8-12-23(29)28(16-19-4-2-3-13-27-19)15-18-7-11-21(24)22(25)14-18/h2-14,26H,15-16H2,1H3/b12-8+. The van der Waals surface area contributed by atoms with Crippen molar-refractivity contribution in [3.05, 3.63) is 99.8 Å². The van der Waals surface area contributed by atoms with Gasteiger partial charge < -0.3 is 4.90 Å². The third-order valence-electron chi connectivity index (χ3n) is 4.63. The normalized spacial score (nSPS) is 11.6. The zero-order valence-corrected chi connectivity index (χ0v) is 19.5. The minimum atomic E-state index is -3.51. The summed E-state index contributed by atoms with van der Waals surface area (Å²) in [5, 5.41) is 0.864. The average Bonchev–Trinajstić information content (AvgIpc) is 2.80. The number of carbonyl (C=O) groups is 1. The number of hydrogen-bond donors (Lipinski definition) is 1. The van der Waals surface area contributed by atoms with Crippen molar-refractivity contribution in [2.45, 2.75) is 18.0 Å². The zero-order valence-electron chi connectivity index (χ0n) is 17.2. The van der Waals surface area contributed by atoms with Crippen LogP contribution in [-0.2, 0) is 27.9 Å². The van der Waals surface area contributed by atoms with Gasteiger partial charge in [-0.15, -0.1) is 0 Å². The van der Waals surface area contributed by atoms with E-state index in [1.165, 1.54) is 25.3 Å². The molecule has 6 nitrogen and oxygen atoms in total. The molecule has 9 heteroatoms. The Morgan fingerprint density at radius 3 is 2.41 bits per heavy atom. The van der Waals surface area contributed by atoms with Crippen LogP contribution in [0.5, 0.6) is 0 Å². The molecule has 0 radical (unpaired) electrons. The van der Waals surface area contributed by atoms with Crippen molar-refractivity contribution < 1.29 is 13.2 Å². The monoisotopic (exact) mass is 489 g/mol. The minimum Gasteiger partial charge on any atom is -0.329 e. The summed E-state index contributed by atoms with van der Waals surface area (Å²) >= 11 is 12.1. The largest absolute Gasteiger partial charge is 0.329 e. The molecule has 0 fully saturated rings. The Hall–Kier alpha value is -2.71. The Balaban J connectivity index is 1.80. The van der Waals surface area contributed by atoms with Crippen LogP contribution in [0.4, 0.5) is 0 Å². The molecule has 2 aromatic carbocycles. The molecule has 3 rings (SSSR count). The van der Waals surface area contributed by atoms with Gasteiger partial charge in [0.15, 0.2) is 0 Å². The number of nitrogens with one attached hydrogen (secondary N) is 1. The number of benzene rings is 2. The highest BCUT2D eigenvalue weighted by Gasteiger charge is 2.14. The van der Waals surface area contributed by atoms with E-state index < -0.39 is 10.0 Å². The Kier molecular flexibility index (Phi) is 8.04. The number of amides is 1. The molecule has 1 amide bonds. The van der Waals surface area contributed by atoms with Gasteiger partial charge in [0.25, 0.3) is 0 Å². The number of pyridine rings is 1. The molecule has 0 aliphatic rings. The number of aromatic nitrogens is 1. The van der Waals surface area contributed by atoms with Crippen molar-refractivity contribution in [1.29, 1.82) is 0 Å². The van der Waals surface area contributed by atoms with Crippen LogP contribution in [-0.4, -0.2) is 31.3 Å². The first-order valence-electron chi connectivity index (χ1n) is 9.63. The van der Waals surface area contributed by atoms with E-state index in [2.05, 4.69) is 9.71 Å². The lowest BCUT2D eigenvalue weighted by molar-refractivity contribution is -0.127. The summed E-state index contributed by atoms with van der Waals surface area (Å²) in [6.45, 7) is 0.625. The van der Waals surface area contributed by atoms with Gasteiger partial charge in [-0.05, 0) is 60.6 Å². The summed E-state index contributed by atoms with van der Waals surface area (Å²) in [5.41, 5.74) is 2.27. The van der Waals surface area contributed by atoms with Crippen molar-refractivity contribution in [2.75, 3.05) is 7.05 Å². The second kappa shape index (κ2) is 10.7. The van der Waals surface area contributed by atoms with E-state index in [-0.39, 0.29) is 10.8 Å². The van der Waals surface area contributed by atoms with Gasteiger partial charge >= 0.3 is 0 Å². The van der Waals surface area contributed by atoms with Crippen LogP contribution in [0.1, 0.15) is 16.8 Å². The highest BCUT2D eigenvalue weighted by Crippen LogP contribution is 2.23. The van der Waals surface area contributed by atoms with Crippen molar-refractivity contribution in [3.63, 3.8) is 0 Å². The first-order chi connectivity index (χ1) is 15.3. The molecule has 0 aliphatic heterocycles. The van der Waals surface area contributed by atoms with Crippen LogP contribution >= 0.6 is 23.2 Å². The van der Waals surface area contributed by atoms with Gasteiger partial charge in [-0.2, -0.15) is 0 Å². The van der Waals surface area contributed by atoms with E-state index in [0.29, 0.717) is 28.7 Å². The topological polar surface area (TPSA) is 79.4 Å². The van der Waals surface area contributed by atoms with Crippen LogP contribution in [0.3, 0.4) is 0 Å². The number of nitrogens with zero attached hydrogens (tertiary/aromatic N) is 2. The Labute approximate surface area is 197 Å². The van der Waals surface area contributed by atoms with E-state index in [0.717, 1.165) is 11.3 Å². The number of carbonyl (C=O) groups excluding carboxylic acids is 1. The molecule has 0 unspecified atom stereocenters. The van der Waals surface area contributed by atoms with Gasteiger partial charge in [0, 0.05) is 18.8 Å².